The molecule has 0 spiro atoms. The van der Waals surface area contributed by atoms with Gasteiger partial charge in [-0.3, -0.25) is 5.32 Å². The van der Waals surface area contributed by atoms with Gasteiger partial charge in [-0.05, 0) is 18.1 Å². The molecule has 68 valence electrons. The lowest BCUT2D eigenvalue weighted by molar-refractivity contribution is 0.224. The first-order valence-electron chi connectivity index (χ1n) is 4.23. The number of hydrogen-bond acceptors (Lipinski definition) is 2. The molecule has 1 N–H and O–H groups in total. The van der Waals surface area contributed by atoms with E-state index in [0.29, 0.717) is 5.82 Å². The Kier molecular flexibility index (Phi) is 1.88. The molecule has 1 aromatic heterocycles. The van der Waals surface area contributed by atoms with Gasteiger partial charge in [0.1, 0.15) is 5.82 Å². The highest BCUT2D eigenvalue weighted by Crippen LogP contribution is 2.15. The Morgan fingerprint density at radius 1 is 1.62 bits per heavy atom. The summed E-state index contributed by atoms with van der Waals surface area (Å²) in [7, 11) is 1.78. The van der Waals surface area contributed by atoms with Crippen LogP contribution in [0.15, 0.2) is 18.3 Å². The molecule has 0 aromatic carbocycles. The molecule has 0 bridgehead atoms. The fourth-order valence-corrected chi connectivity index (χ4v) is 1.34. The van der Waals surface area contributed by atoms with Crippen LogP contribution < -0.4 is 5.32 Å². The third kappa shape index (κ3) is 1.47. The van der Waals surface area contributed by atoms with Crippen LogP contribution >= 0.6 is 0 Å². The lowest BCUT2D eigenvalue weighted by Gasteiger charge is -2.12. The lowest BCUT2D eigenvalue weighted by Crippen LogP contribution is -2.30. The lowest BCUT2D eigenvalue weighted by atomic mass is 10.2. The van der Waals surface area contributed by atoms with E-state index in [-0.39, 0.29) is 6.03 Å². The predicted octanol–water partition coefficient (Wildman–Crippen LogP) is 1.10. The topological polar surface area (TPSA) is 45.2 Å². The van der Waals surface area contributed by atoms with E-state index in [1.165, 1.54) is 0 Å². The Hall–Kier alpha value is -1.58. The molecular weight excluding hydrogens is 166 g/mol. The quantitative estimate of drug-likeness (QED) is 0.645. The van der Waals surface area contributed by atoms with Crippen LogP contribution in [-0.2, 0) is 6.42 Å². The van der Waals surface area contributed by atoms with Gasteiger partial charge < -0.3 is 4.90 Å². The normalized spacial score (nSPS) is 16.1. The fraction of sp³-hybridized carbons (Fsp3) is 0.333. The molecule has 0 radical (unpaired) electrons. The minimum atomic E-state index is -0.0857. The van der Waals surface area contributed by atoms with Crippen molar-refractivity contribution in [1.82, 2.24) is 9.88 Å². The molecule has 0 saturated carbocycles. The minimum Gasteiger partial charge on any atom is -0.327 e. The van der Waals surface area contributed by atoms with Gasteiger partial charge in [-0.15, -0.1) is 0 Å². The average molecular weight is 177 g/mol. The largest absolute Gasteiger partial charge is 0.327 e. The number of nitrogens with one attached hydrogen (secondary N) is 1. The molecule has 0 fully saturated rings. The van der Waals surface area contributed by atoms with Gasteiger partial charge in [-0.2, -0.15) is 0 Å². The molecule has 13 heavy (non-hydrogen) atoms. The highest BCUT2D eigenvalue weighted by atomic mass is 16.2. The van der Waals surface area contributed by atoms with E-state index >= 15 is 0 Å². The molecule has 2 amide bonds. The highest BCUT2D eigenvalue weighted by molar-refractivity contribution is 5.89. The molecule has 1 aliphatic rings. The second-order valence-electron chi connectivity index (χ2n) is 3.11. The van der Waals surface area contributed by atoms with Crippen LogP contribution in [0.4, 0.5) is 10.6 Å². The molecular formula is C9H11N3O. The number of fused-ring (bicyclic) bond motifs is 1. The van der Waals surface area contributed by atoms with Crippen LogP contribution in [0.25, 0.3) is 0 Å². The molecule has 0 saturated heterocycles. The Bertz CT molecular complexity index is 337. The van der Waals surface area contributed by atoms with Crippen LogP contribution in [0.1, 0.15) is 5.56 Å². The fourth-order valence-electron chi connectivity index (χ4n) is 1.34. The number of pyridine rings is 1. The average Bonchev–Trinajstić information content (AvgIpc) is 2.28. The van der Waals surface area contributed by atoms with Crippen LogP contribution in [0, 0.1) is 0 Å². The Labute approximate surface area is 76.6 Å². The first-order chi connectivity index (χ1) is 6.27. The number of anilines is 1. The molecule has 4 heteroatoms. The van der Waals surface area contributed by atoms with Gasteiger partial charge in [0.2, 0.25) is 0 Å². The van der Waals surface area contributed by atoms with Crippen molar-refractivity contribution in [1.29, 1.82) is 0 Å². The zero-order chi connectivity index (χ0) is 9.26. The van der Waals surface area contributed by atoms with Crippen molar-refractivity contribution in [3.05, 3.63) is 23.9 Å². The van der Waals surface area contributed by atoms with Gasteiger partial charge in [-0.25, -0.2) is 9.78 Å². The van der Waals surface area contributed by atoms with Gasteiger partial charge in [0.25, 0.3) is 0 Å². The highest BCUT2D eigenvalue weighted by Gasteiger charge is 2.16. The number of urea groups is 1. The minimum absolute atomic E-state index is 0.0857. The summed E-state index contributed by atoms with van der Waals surface area (Å²) in [4.78, 5) is 17.1. The number of rotatable bonds is 0. The summed E-state index contributed by atoms with van der Waals surface area (Å²) in [5.74, 6) is 0.692. The van der Waals surface area contributed by atoms with Crippen molar-refractivity contribution in [3.8, 4) is 0 Å². The van der Waals surface area contributed by atoms with Crippen LogP contribution in [0.5, 0.6) is 0 Å². The van der Waals surface area contributed by atoms with E-state index in [1.54, 1.807) is 18.1 Å². The summed E-state index contributed by atoms with van der Waals surface area (Å²) in [6, 6.07) is 3.79. The van der Waals surface area contributed by atoms with E-state index in [1.807, 2.05) is 12.1 Å². The molecule has 1 aromatic rings. The zero-order valence-electron chi connectivity index (χ0n) is 7.45. The summed E-state index contributed by atoms with van der Waals surface area (Å²) in [6.07, 6.45) is 2.54. The number of hydrogen-bond donors (Lipinski definition) is 1. The number of aromatic nitrogens is 1. The van der Waals surface area contributed by atoms with Gasteiger partial charge in [0.05, 0.1) is 0 Å². The third-order valence-corrected chi connectivity index (χ3v) is 2.18. The molecule has 0 atom stereocenters. The van der Waals surface area contributed by atoms with Crippen LogP contribution in [-0.4, -0.2) is 29.5 Å². The summed E-state index contributed by atoms with van der Waals surface area (Å²) >= 11 is 0. The van der Waals surface area contributed by atoms with Gasteiger partial charge in [0.15, 0.2) is 0 Å². The summed E-state index contributed by atoms with van der Waals surface area (Å²) in [5, 5.41) is 2.75. The van der Waals surface area contributed by atoms with E-state index in [9.17, 15) is 4.79 Å². The Balaban J connectivity index is 2.35. The maximum absolute atomic E-state index is 11.4. The standard InChI is InChI=1S/C9H11N3O/c1-12-6-4-7-3-2-5-10-8(7)11-9(12)13/h2-3,5H,4,6H2,1H3,(H,10,11,13). The first-order valence-corrected chi connectivity index (χ1v) is 4.23. The monoisotopic (exact) mass is 177 g/mol. The van der Waals surface area contributed by atoms with E-state index in [2.05, 4.69) is 10.3 Å². The number of nitrogens with zero attached hydrogens (tertiary/aromatic N) is 2. The van der Waals surface area contributed by atoms with E-state index in [0.717, 1.165) is 18.5 Å². The molecule has 4 nitrogen and oxygen atoms in total. The Morgan fingerprint density at radius 2 is 2.46 bits per heavy atom. The zero-order valence-corrected chi connectivity index (χ0v) is 7.45. The maximum Gasteiger partial charge on any atom is 0.322 e. The Morgan fingerprint density at radius 3 is 3.31 bits per heavy atom. The van der Waals surface area contributed by atoms with Gasteiger partial charge in [0, 0.05) is 19.8 Å². The maximum atomic E-state index is 11.4. The van der Waals surface area contributed by atoms with Crippen molar-refractivity contribution in [2.24, 2.45) is 0 Å². The van der Waals surface area contributed by atoms with Crippen LogP contribution in [0.3, 0.4) is 0 Å². The van der Waals surface area contributed by atoms with E-state index < -0.39 is 0 Å². The van der Waals surface area contributed by atoms with Gasteiger partial charge >= 0.3 is 6.03 Å². The van der Waals surface area contributed by atoms with Crippen molar-refractivity contribution < 1.29 is 4.79 Å². The predicted molar refractivity (Wildman–Crippen MR) is 49.6 cm³/mol. The number of carbonyl (C=O) groups excluding carboxylic acids is 1. The smallest absolute Gasteiger partial charge is 0.322 e. The summed E-state index contributed by atoms with van der Waals surface area (Å²) in [5.41, 5.74) is 1.10. The SMILES string of the molecule is CN1CCc2cccnc2NC1=O. The van der Waals surface area contributed by atoms with Crippen LogP contribution in [0.2, 0.25) is 0 Å². The summed E-state index contributed by atoms with van der Waals surface area (Å²) in [6.45, 7) is 0.741. The number of amides is 2. The van der Waals surface area contributed by atoms with Crippen molar-refractivity contribution >= 4 is 11.8 Å². The molecule has 0 unspecified atom stereocenters. The van der Waals surface area contributed by atoms with Crippen molar-refractivity contribution in [3.63, 3.8) is 0 Å². The number of likely N-dealkylation sites (N-methyl/N-ethyl adjacent to an activating group) is 1. The molecule has 2 heterocycles. The molecule has 2 rings (SSSR count). The second-order valence-corrected chi connectivity index (χ2v) is 3.11. The second kappa shape index (κ2) is 3.05. The third-order valence-electron chi connectivity index (χ3n) is 2.18. The van der Waals surface area contributed by atoms with Crippen molar-refractivity contribution in [2.45, 2.75) is 6.42 Å². The molecule has 0 aliphatic carbocycles. The van der Waals surface area contributed by atoms with E-state index in [4.69, 9.17) is 0 Å². The summed E-state index contributed by atoms with van der Waals surface area (Å²) < 4.78 is 0. The first kappa shape index (κ1) is 8.04. The number of carbonyl (C=O) groups is 1. The van der Waals surface area contributed by atoms with Crippen molar-refractivity contribution in [2.75, 3.05) is 18.9 Å². The van der Waals surface area contributed by atoms with Gasteiger partial charge in [-0.1, -0.05) is 6.07 Å². The molecule has 1 aliphatic heterocycles.